The number of halogens is 3. The van der Waals surface area contributed by atoms with E-state index in [1.807, 2.05) is 0 Å². The van der Waals surface area contributed by atoms with Crippen molar-refractivity contribution in [2.45, 2.75) is 13.3 Å². The summed E-state index contributed by atoms with van der Waals surface area (Å²) in [6.07, 6.45) is -4.39. The zero-order valence-electron chi connectivity index (χ0n) is 8.46. The van der Waals surface area contributed by atoms with Crippen molar-refractivity contribution in [3.8, 4) is 11.8 Å². The standard InChI is InChI=1S/C9H8F3NO3/c1-5-3-6(4-14)8(15-2)13-7(5)16-9(10,11)12/h3-4H,1-2H3. The second-order valence-corrected chi connectivity index (χ2v) is 2.87. The summed E-state index contributed by atoms with van der Waals surface area (Å²) in [6, 6.07) is 1.21. The number of aromatic nitrogens is 1. The van der Waals surface area contributed by atoms with E-state index in [0.29, 0.717) is 6.29 Å². The fraction of sp³-hybridized carbons (Fsp3) is 0.333. The fourth-order valence-corrected chi connectivity index (χ4v) is 1.06. The quantitative estimate of drug-likeness (QED) is 0.753. The third-order valence-corrected chi connectivity index (χ3v) is 1.69. The molecule has 0 saturated carbocycles. The van der Waals surface area contributed by atoms with Crippen molar-refractivity contribution in [3.05, 3.63) is 17.2 Å². The number of methoxy groups -OCH3 is 1. The Kier molecular flexibility index (Phi) is 3.36. The van der Waals surface area contributed by atoms with E-state index in [9.17, 15) is 18.0 Å². The molecule has 0 spiro atoms. The number of carbonyl (C=O) groups is 1. The van der Waals surface area contributed by atoms with E-state index in [1.165, 1.54) is 20.1 Å². The summed E-state index contributed by atoms with van der Waals surface area (Å²) in [7, 11) is 1.20. The number of aryl methyl sites for hydroxylation is 1. The van der Waals surface area contributed by atoms with Crippen molar-refractivity contribution >= 4 is 6.29 Å². The van der Waals surface area contributed by atoms with Crippen molar-refractivity contribution in [1.29, 1.82) is 0 Å². The molecule has 0 aliphatic carbocycles. The lowest BCUT2D eigenvalue weighted by Crippen LogP contribution is -2.19. The summed E-state index contributed by atoms with van der Waals surface area (Å²) in [6.45, 7) is 1.35. The molecule has 0 aliphatic rings. The Balaban J connectivity index is 3.16. The van der Waals surface area contributed by atoms with Gasteiger partial charge in [0.2, 0.25) is 11.8 Å². The number of pyridine rings is 1. The van der Waals surface area contributed by atoms with E-state index in [2.05, 4.69) is 14.5 Å². The molecule has 16 heavy (non-hydrogen) atoms. The highest BCUT2D eigenvalue weighted by atomic mass is 19.4. The molecule has 1 aromatic heterocycles. The molecule has 1 heterocycles. The molecule has 0 radical (unpaired) electrons. The SMILES string of the molecule is COc1nc(OC(F)(F)F)c(C)cc1C=O. The van der Waals surface area contributed by atoms with E-state index in [0.717, 1.165) is 0 Å². The number of aldehydes is 1. The van der Waals surface area contributed by atoms with Crippen molar-refractivity contribution in [1.82, 2.24) is 4.98 Å². The van der Waals surface area contributed by atoms with E-state index < -0.39 is 12.2 Å². The Morgan fingerprint density at radius 3 is 2.44 bits per heavy atom. The molecule has 0 aromatic carbocycles. The van der Waals surface area contributed by atoms with Crippen molar-refractivity contribution in [2.24, 2.45) is 0 Å². The minimum atomic E-state index is -4.83. The van der Waals surface area contributed by atoms with Gasteiger partial charge in [-0.3, -0.25) is 4.79 Å². The average molecular weight is 235 g/mol. The first-order valence-electron chi connectivity index (χ1n) is 4.14. The summed E-state index contributed by atoms with van der Waals surface area (Å²) >= 11 is 0. The van der Waals surface area contributed by atoms with Gasteiger partial charge in [-0.05, 0) is 13.0 Å². The van der Waals surface area contributed by atoms with Gasteiger partial charge >= 0.3 is 6.36 Å². The third kappa shape index (κ3) is 2.85. The molecule has 88 valence electrons. The van der Waals surface area contributed by atoms with Crippen LogP contribution in [0.15, 0.2) is 6.07 Å². The van der Waals surface area contributed by atoms with Crippen LogP contribution in [-0.4, -0.2) is 24.7 Å². The molecule has 0 saturated heterocycles. The Morgan fingerprint density at radius 1 is 1.38 bits per heavy atom. The molecule has 1 aromatic rings. The molecule has 0 aliphatic heterocycles. The minimum Gasteiger partial charge on any atom is -0.480 e. The maximum atomic E-state index is 12.0. The van der Waals surface area contributed by atoms with Crippen LogP contribution in [-0.2, 0) is 0 Å². The van der Waals surface area contributed by atoms with Crippen LogP contribution in [0, 0.1) is 6.92 Å². The zero-order valence-corrected chi connectivity index (χ0v) is 8.46. The van der Waals surface area contributed by atoms with E-state index >= 15 is 0 Å². The predicted molar refractivity (Wildman–Crippen MR) is 47.6 cm³/mol. The van der Waals surface area contributed by atoms with Crippen molar-refractivity contribution in [3.63, 3.8) is 0 Å². The van der Waals surface area contributed by atoms with Gasteiger partial charge in [-0.1, -0.05) is 0 Å². The zero-order chi connectivity index (χ0) is 12.3. The summed E-state index contributed by atoms with van der Waals surface area (Å²) in [5.41, 5.74) is 0.162. The Morgan fingerprint density at radius 2 is 2.00 bits per heavy atom. The molecule has 0 amide bonds. The maximum Gasteiger partial charge on any atom is 0.574 e. The number of nitrogens with zero attached hydrogens (tertiary/aromatic N) is 1. The number of hydrogen-bond acceptors (Lipinski definition) is 4. The van der Waals surface area contributed by atoms with Crippen LogP contribution in [0.4, 0.5) is 13.2 Å². The van der Waals surface area contributed by atoms with Gasteiger partial charge in [-0.2, -0.15) is 4.98 Å². The lowest BCUT2D eigenvalue weighted by atomic mass is 10.2. The molecule has 0 N–H and O–H groups in total. The first-order chi connectivity index (χ1) is 7.37. The molecule has 0 fully saturated rings. The summed E-state index contributed by atoms with van der Waals surface area (Å²) in [5.74, 6) is -0.838. The average Bonchev–Trinajstić information content (AvgIpc) is 2.18. The number of alkyl halides is 3. The van der Waals surface area contributed by atoms with Crippen LogP contribution in [0.5, 0.6) is 11.8 Å². The number of carbonyl (C=O) groups excluding carboxylic acids is 1. The molecular formula is C9H8F3NO3. The molecule has 4 nitrogen and oxygen atoms in total. The second kappa shape index (κ2) is 4.38. The summed E-state index contributed by atoms with van der Waals surface area (Å²) < 4.78 is 44.2. The number of ether oxygens (including phenoxy) is 2. The summed E-state index contributed by atoms with van der Waals surface area (Å²) in [4.78, 5) is 14.0. The van der Waals surface area contributed by atoms with Crippen LogP contribution in [0.1, 0.15) is 15.9 Å². The van der Waals surface area contributed by atoms with Gasteiger partial charge in [0.15, 0.2) is 6.29 Å². The summed E-state index contributed by atoms with van der Waals surface area (Å²) in [5, 5.41) is 0. The Bertz CT molecular complexity index is 404. The van der Waals surface area contributed by atoms with Gasteiger partial charge in [-0.25, -0.2) is 0 Å². The highest BCUT2D eigenvalue weighted by Crippen LogP contribution is 2.27. The normalized spacial score (nSPS) is 11.1. The van der Waals surface area contributed by atoms with E-state index in [4.69, 9.17) is 0 Å². The second-order valence-electron chi connectivity index (χ2n) is 2.87. The first-order valence-corrected chi connectivity index (χ1v) is 4.14. The van der Waals surface area contributed by atoms with E-state index in [1.54, 1.807) is 0 Å². The van der Waals surface area contributed by atoms with Gasteiger partial charge in [0.1, 0.15) is 0 Å². The third-order valence-electron chi connectivity index (χ3n) is 1.69. The number of hydrogen-bond donors (Lipinski definition) is 0. The number of rotatable bonds is 3. The largest absolute Gasteiger partial charge is 0.574 e. The monoisotopic (exact) mass is 235 g/mol. The molecule has 0 bridgehead atoms. The van der Waals surface area contributed by atoms with Gasteiger partial charge < -0.3 is 9.47 Å². The van der Waals surface area contributed by atoms with Crippen molar-refractivity contribution < 1.29 is 27.4 Å². The van der Waals surface area contributed by atoms with Gasteiger partial charge in [0.05, 0.1) is 12.7 Å². The first kappa shape index (κ1) is 12.3. The Labute approximate surface area is 89.0 Å². The van der Waals surface area contributed by atoms with Crippen LogP contribution in [0.25, 0.3) is 0 Å². The predicted octanol–water partition coefficient (Wildman–Crippen LogP) is 2.11. The van der Waals surface area contributed by atoms with Crippen LogP contribution in [0.2, 0.25) is 0 Å². The molecule has 7 heteroatoms. The molecular weight excluding hydrogens is 227 g/mol. The molecule has 1 rings (SSSR count). The lowest BCUT2D eigenvalue weighted by molar-refractivity contribution is -0.276. The minimum absolute atomic E-state index is 0.0644. The Hall–Kier alpha value is -1.79. The van der Waals surface area contributed by atoms with Gasteiger partial charge in [-0.15, -0.1) is 13.2 Å². The smallest absolute Gasteiger partial charge is 0.480 e. The van der Waals surface area contributed by atoms with Gasteiger partial charge in [0, 0.05) is 5.56 Å². The molecule has 0 unspecified atom stereocenters. The van der Waals surface area contributed by atoms with Crippen LogP contribution < -0.4 is 9.47 Å². The topological polar surface area (TPSA) is 48.4 Å². The fourth-order valence-electron chi connectivity index (χ4n) is 1.06. The van der Waals surface area contributed by atoms with Gasteiger partial charge in [0.25, 0.3) is 0 Å². The highest BCUT2D eigenvalue weighted by molar-refractivity contribution is 5.78. The van der Waals surface area contributed by atoms with Crippen molar-refractivity contribution in [2.75, 3.05) is 7.11 Å². The lowest BCUT2D eigenvalue weighted by Gasteiger charge is -2.12. The maximum absolute atomic E-state index is 12.0. The van der Waals surface area contributed by atoms with Crippen LogP contribution in [0.3, 0.4) is 0 Å². The van der Waals surface area contributed by atoms with Crippen LogP contribution >= 0.6 is 0 Å². The molecule has 0 atom stereocenters. The van der Waals surface area contributed by atoms with E-state index in [-0.39, 0.29) is 17.0 Å². The highest BCUT2D eigenvalue weighted by Gasteiger charge is 2.33.